The standard InChI is InChI=1S/C23H25N5O3S2/c1-3-11-28-21-8-7-18(33(24,30)31)13-19(21)27-22(28)9-10-23(29)26-17-6-4-5-16(12-17)20-14-32-15(2)25-20/h4-8,12-14H,3,9-11H2,1-2H3,(H,26,29)(H2,24,30,31). The van der Waals surface area contributed by atoms with Gasteiger partial charge in [0.05, 0.1) is 26.6 Å². The molecule has 2 heterocycles. The summed E-state index contributed by atoms with van der Waals surface area (Å²) < 4.78 is 25.4. The van der Waals surface area contributed by atoms with Crippen LogP contribution in [0.2, 0.25) is 0 Å². The van der Waals surface area contributed by atoms with Crippen LogP contribution in [0.25, 0.3) is 22.3 Å². The highest BCUT2D eigenvalue weighted by Crippen LogP contribution is 2.25. The number of hydrogen-bond acceptors (Lipinski definition) is 6. The van der Waals surface area contributed by atoms with Crippen molar-refractivity contribution in [3.8, 4) is 11.3 Å². The average Bonchev–Trinajstić information content (AvgIpc) is 3.35. The molecule has 0 aliphatic heterocycles. The van der Waals surface area contributed by atoms with Gasteiger partial charge in [-0.3, -0.25) is 4.79 Å². The summed E-state index contributed by atoms with van der Waals surface area (Å²) in [6.07, 6.45) is 1.55. The molecular formula is C23H25N5O3S2. The highest BCUT2D eigenvalue weighted by Gasteiger charge is 2.16. The van der Waals surface area contributed by atoms with Gasteiger partial charge in [0.1, 0.15) is 5.82 Å². The number of benzene rings is 2. The largest absolute Gasteiger partial charge is 0.328 e. The summed E-state index contributed by atoms with van der Waals surface area (Å²) in [5, 5.41) is 11.2. The molecule has 4 rings (SSSR count). The van der Waals surface area contributed by atoms with Gasteiger partial charge in [-0.2, -0.15) is 0 Å². The lowest BCUT2D eigenvalue weighted by Crippen LogP contribution is -2.14. The molecule has 0 bridgehead atoms. The Hall–Kier alpha value is -3.08. The number of carbonyl (C=O) groups is 1. The number of fused-ring (bicyclic) bond motifs is 1. The lowest BCUT2D eigenvalue weighted by Gasteiger charge is -2.09. The van der Waals surface area contributed by atoms with Crippen molar-refractivity contribution >= 4 is 44.0 Å². The molecule has 0 spiro atoms. The maximum absolute atomic E-state index is 12.7. The van der Waals surface area contributed by atoms with E-state index in [2.05, 4.69) is 22.2 Å². The highest BCUT2D eigenvalue weighted by molar-refractivity contribution is 7.89. The predicted octanol–water partition coefficient (Wildman–Crippen LogP) is 4.10. The number of carbonyl (C=O) groups excluding carboxylic acids is 1. The first-order valence-corrected chi connectivity index (χ1v) is 13.0. The number of hydrogen-bond donors (Lipinski definition) is 2. The molecule has 0 saturated carbocycles. The van der Waals surface area contributed by atoms with Crippen LogP contribution < -0.4 is 10.5 Å². The number of rotatable bonds is 8. The van der Waals surface area contributed by atoms with Crippen LogP contribution in [0.15, 0.2) is 52.7 Å². The number of anilines is 1. The number of imidazole rings is 1. The molecule has 3 N–H and O–H groups in total. The lowest BCUT2D eigenvalue weighted by molar-refractivity contribution is -0.116. The minimum atomic E-state index is -3.81. The second kappa shape index (κ2) is 9.42. The van der Waals surface area contributed by atoms with E-state index in [0.29, 0.717) is 17.6 Å². The Morgan fingerprint density at radius 3 is 2.70 bits per heavy atom. The van der Waals surface area contributed by atoms with Crippen LogP contribution in [0.4, 0.5) is 5.69 Å². The van der Waals surface area contributed by atoms with E-state index >= 15 is 0 Å². The normalized spacial score (nSPS) is 11.7. The summed E-state index contributed by atoms with van der Waals surface area (Å²) >= 11 is 1.59. The van der Waals surface area contributed by atoms with Crippen LogP contribution in [-0.2, 0) is 27.8 Å². The smallest absolute Gasteiger partial charge is 0.238 e. The highest BCUT2D eigenvalue weighted by atomic mass is 32.2. The van der Waals surface area contributed by atoms with Crippen molar-refractivity contribution in [1.29, 1.82) is 0 Å². The summed E-state index contributed by atoms with van der Waals surface area (Å²) in [6.45, 7) is 4.73. The molecule has 0 aliphatic carbocycles. The van der Waals surface area contributed by atoms with Gasteiger partial charge in [-0.1, -0.05) is 19.1 Å². The third-order valence-corrected chi connectivity index (χ3v) is 6.90. The zero-order chi connectivity index (χ0) is 23.6. The third kappa shape index (κ3) is 5.29. The Morgan fingerprint density at radius 1 is 1.18 bits per heavy atom. The Kier molecular flexibility index (Phi) is 6.59. The van der Waals surface area contributed by atoms with Crippen molar-refractivity contribution < 1.29 is 13.2 Å². The first kappa shape index (κ1) is 23.1. The molecule has 1 amide bonds. The van der Waals surface area contributed by atoms with E-state index in [-0.39, 0.29) is 17.2 Å². The van der Waals surface area contributed by atoms with Crippen LogP contribution >= 0.6 is 11.3 Å². The second-order valence-corrected chi connectivity index (χ2v) is 10.4. The fourth-order valence-corrected chi connectivity index (χ4v) is 4.86. The molecule has 4 aromatic rings. The minimum Gasteiger partial charge on any atom is -0.328 e. The van der Waals surface area contributed by atoms with E-state index in [0.717, 1.165) is 40.6 Å². The van der Waals surface area contributed by atoms with Gasteiger partial charge < -0.3 is 9.88 Å². The monoisotopic (exact) mass is 483 g/mol. The number of nitrogens with two attached hydrogens (primary N) is 1. The number of primary sulfonamides is 1. The van der Waals surface area contributed by atoms with Gasteiger partial charge in [-0.15, -0.1) is 11.3 Å². The molecule has 0 atom stereocenters. The van der Waals surface area contributed by atoms with Gasteiger partial charge in [0.25, 0.3) is 0 Å². The van der Waals surface area contributed by atoms with E-state index in [4.69, 9.17) is 5.14 Å². The first-order valence-electron chi connectivity index (χ1n) is 10.6. The summed E-state index contributed by atoms with van der Waals surface area (Å²) in [4.78, 5) is 21.8. The van der Waals surface area contributed by atoms with Crippen molar-refractivity contribution in [1.82, 2.24) is 14.5 Å². The maximum Gasteiger partial charge on any atom is 0.238 e. The summed E-state index contributed by atoms with van der Waals surface area (Å²) in [7, 11) is -3.81. The van der Waals surface area contributed by atoms with Gasteiger partial charge in [0.15, 0.2) is 0 Å². The molecule has 10 heteroatoms. The number of aryl methyl sites for hydroxylation is 3. The zero-order valence-corrected chi connectivity index (χ0v) is 20.0. The average molecular weight is 484 g/mol. The molecule has 8 nitrogen and oxygen atoms in total. The van der Waals surface area contributed by atoms with Crippen LogP contribution in [-0.4, -0.2) is 28.9 Å². The molecule has 2 aromatic heterocycles. The molecule has 0 saturated heterocycles. The number of nitrogens with one attached hydrogen (secondary N) is 1. The van der Waals surface area contributed by atoms with E-state index in [9.17, 15) is 13.2 Å². The fourth-order valence-electron chi connectivity index (χ4n) is 3.70. The Balaban J connectivity index is 1.50. The zero-order valence-electron chi connectivity index (χ0n) is 18.4. The number of amides is 1. The second-order valence-electron chi connectivity index (χ2n) is 7.76. The number of nitrogens with zero attached hydrogens (tertiary/aromatic N) is 3. The Bertz CT molecular complexity index is 1420. The summed E-state index contributed by atoms with van der Waals surface area (Å²) in [6, 6.07) is 12.3. The molecule has 0 fully saturated rings. The molecule has 2 aromatic carbocycles. The van der Waals surface area contributed by atoms with E-state index in [1.165, 1.54) is 12.1 Å². The molecular weight excluding hydrogens is 458 g/mol. The van der Waals surface area contributed by atoms with Gasteiger partial charge in [0, 0.05) is 36.0 Å². The Labute approximate surface area is 196 Å². The van der Waals surface area contributed by atoms with Crippen LogP contribution in [0.3, 0.4) is 0 Å². The first-order chi connectivity index (χ1) is 15.7. The van der Waals surface area contributed by atoms with Crippen molar-refractivity contribution in [3.05, 3.63) is 58.7 Å². The lowest BCUT2D eigenvalue weighted by atomic mass is 10.1. The van der Waals surface area contributed by atoms with Crippen molar-refractivity contribution in [2.24, 2.45) is 5.14 Å². The van der Waals surface area contributed by atoms with Gasteiger partial charge in [0.2, 0.25) is 15.9 Å². The SMILES string of the molecule is CCCn1c(CCC(=O)Nc2cccc(-c3csc(C)n3)c2)nc2cc(S(N)(=O)=O)ccc21. The van der Waals surface area contributed by atoms with Crippen LogP contribution in [0.1, 0.15) is 30.6 Å². The summed E-state index contributed by atoms with van der Waals surface area (Å²) in [5.74, 6) is 0.613. The maximum atomic E-state index is 12.7. The van der Waals surface area contributed by atoms with Gasteiger partial charge in [-0.05, 0) is 43.7 Å². The van der Waals surface area contributed by atoms with Crippen molar-refractivity contribution in [2.75, 3.05) is 5.32 Å². The summed E-state index contributed by atoms with van der Waals surface area (Å²) in [5.41, 5.74) is 3.93. The van der Waals surface area contributed by atoms with E-state index in [1.807, 2.05) is 41.1 Å². The predicted molar refractivity (Wildman–Crippen MR) is 131 cm³/mol. The van der Waals surface area contributed by atoms with E-state index < -0.39 is 10.0 Å². The van der Waals surface area contributed by atoms with Gasteiger partial charge in [-0.25, -0.2) is 23.5 Å². The van der Waals surface area contributed by atoms with E-state index in [1.54, 1.807) is 17.4 Å². The van der Waals surface area contributed by atoms with Crippen molar-refractivity contribution in [3.63, 3.8) is 0 Å². The van der Waals surface area contributed by atoms with Gasteiger partial charge >= 0.3 is 0 Å². The molecule has 0 unspecified atom stereocenters. The third-order valence-electron chi connectivity index (χ3n) is 5.21. The van der Waals surface area contributed by atoms with Crippen LogP contribution in [0.5, 0.6) is 0 Å². The molecule has 0 aliphatic rings. The Morgan fingerprint density at radius 2 is 2.00 bits per heavy atom. The number of thiazole rings is 1. The van der Waals surface area contributed by atoms with Crippen LogP contribution in [0, 0.1) is 6.92 Å². The molecule has 0 radical (unpaired) electrons. The van der Waals surface area contributed by atoms with Crippen molar-refractivity contribution in [2.45, 2.75) is 44.6 Å². The molecule has 172 valence electrons. The fraction of sp³-hybridized carbons (Fsp3) is 0.261. The number of sulfonamides is 1. The topological polar surface area (TPSA) is 120 Å². The minimum absolute atomic E-state index is 0.0237. The number of aromatic nitrogens is 3. The molecule has 33 heavy (non-hydrogen) atoms. The quantitative estimate of drug-likeness (QED) is 0.391.